The Labute approximate surface area is 121 Å². The van der Waals surface area contributed by atoms with Crippen LogP contribution in [-0.4, -0.2) is 45.1 Å². The molecule has 3 rings (SSSR count). The average Bonchev–Trinajstić information content (AvgIpc) is 3.33. The number of aromatic nitrogens is 3. The Morgan fingerprint density at radius 2 is 2.15 bits per heavy atom. The highest BCUT2D eigenvalue weighted by atomic mass is 15.4. The Morgan fingerprint density at radius 3 is 2.80 bits per heavy atom. The van der Waals surface area contributed by atoms with E-state index in [0.29, 0.717) is 6.04 Å². The molecule has 0 aromatic carbocycles. The Bertz CT molecular complexity index is 420. The second kappa shape index (κ2) is 6.22. The third-order valence-electron chi connectivity index (χ3n) is 4.27. The topological polar surface area (TPSA) is 46.0 Å². The molecule has 0 radical (unpaired) electrons. The number of hydrogen-bond donors (Lipinski definition) is 1. The van der Waals surface area contributed by atoms with Crippen LogP contribution in [0.25, 0.3) is 0 Å². The summed E-state index contributed by atoms with van der Waals surface area (Å²) in [5, 5.41) is 12.0. The molecule has 112 valence electrons. The van der Waals surface area contributed by atoms with Crippen molar-refractivity contribution in [2.75, 3.05) is 13.1 Å². The number of rotatable bonds is 9. The molecule has 2 fully saturated rings. The van der Waals surface area contributed by atoms with Gasteiger partial charge in [-0.2, -0.15) is 0 Å². The lowest BCUT2D eigenvalue weighted by Crippen LogP contribution is -2.35. The molecule has 0 unspecified atom stereocenters. The van der Waals surface area contributed by atoms with E-state index in [1.165, 1.54) is 32.2 Å². The Kier molecular flexibility index (Phi) is 4.36. The molecule has 20 heavy (non-hydrogen) atoms. The molecule has 0 bridgehead atoms. The van der Waals surface area contributed by atoms with Gasteiger partial charge in [0, 0.05) is 37.9 Å². The fourth-order valence-corrected chi connectivity index (χ4v) is 2.49. The molecule has 0 spiro atoms. The highest BCUT2D eigenvalue weighted by Gasteiger charge is 2.25. The molecular weight excluding hydrogens is 250 g/mol. The SMILES string of the molecule is CC(C)N(CCn1cc(CNC2CC2)nn1)CC1CC1. The van der Waals surface area contributed by atoms with E-state index in [4.69, 9.17) is 0 Å². The molecule has 1 aromatic heterocycles. The van der Waals surface area contributed by atoms with Crippen LogP contribution in [0.4, 0.5) is 0 Å². The highest BCUT2D eigenvalue weighted by Crippen LogP contribution is 2.30. The molecule has 1 aromatic rings. The smallest absolute Gasteiger partial charge is 0.0964 e. The van der Waals surface area contributed by atoms with Crippen molar-refractivity contribution in [3.05, 3.63) is 11.9 Å². The second-order valence-corrected chi connectivity index (χ2v) is 6.66. The predicted octanol–water partition coefficient (Wildman–Crippen LogP) is 1.65. The van der Waals surface area contributed by atoms with Gasteiger partial charge in [0.2, 0.25) is 0 Å². The molecule has 0 aliphatic heterocycles. The van der Waals surface area contributed by atoms with Crippen molar-refractivity contribution in [3.8, 4) is 0 Å². The normalized spacial score (nSPS) is 19.2. The van der Waals surface area contributed by atoms with Crippen molar-refractivity contribution in [1.82, 2.24) is 25.2 Å². The number of hydrogen-bond acceptors (Lipinski definition) is 4. The van der Waals surface area contributed by atoms with Crippen molar-refractivity contribution in [1.29, 1.82) is 0 Å². The van der Waals surface area contributed by atoms with E-state index in [1.807, 2.05) is 4.68 Å². The van der Waals surface area contributed by atoms with Gasteiger partial charge >= 0.3 is 0 Å². The van der Waals surface area contributed by atoms with Crippen LogP contribution in [0.1, 0.15) is 45.2 Å². The van der Waals surface area contributed by atoms with Crippen molar-refractivity contribution in [3.63, 3.8) is 0 Å². The van der Waals surface area contributed by atoms with Crippen LogP contribution in [0, 0.1) is 5.92 Å². The third kappa shape index (κ3) is 4.28. The molecule has 2 saturated carbocycles. The maximum atomic E-state index is 4.24. The van der Waals surface area contributed by atoms with E-state index in [-0.39, 0.29) is 0 Å². The minimum absolute atomic E-state index is 0.620. The number of nitrogens with one attached hydrogen (secondary N) is 1. The average molecular weight is 277 g/mol. The minimum atomic E-state index is 0.620. The van der Waals surface area contributed by atoms with E-state index < -0.39 is 0 Å². The van der Waals surface area contributed by atoms with Crippen molar-refractivity contribution in [2.45, 2.75) is 64.7 Å². The van der Waals surface area contributed by atoms with Gasteiger partial charge in [0.1, 0.15) is 0 Å². The summed E-state index contributed by atoms with van der Waals surface area (Å²) in [5.74, 6) is 0.950. The fourth-order valence-electron chi connectivity index (χ4n) is 2.49. The third-order valence-corrected chi connectivity index (χ3v) is 4.27. The molecule has 1 N–H and O–H groups in total. The van der Waals surface area contributed by atoms with Gasteiger partial charge in [-0.1, -0.05) is 5.21 Å². The van der Waals surface area contributed by atoms with Crippen LogP contribution in [-0.2, 0) is 13.1 Å². The van der Waals surface area contributed by atoms with E-state index >= 15 is 0 Å². The Balaban J connectivity index is 1.43. The van der Waals surface area contributed by atoms with Crippen molar-refractivity contribution in [2.24, 2.45) is 5.92 Å². The number of nitrogens with zero attached hydrogens (tertiary/aromatic N) is 4. The zero-order chi connectivity index (χ0) is 13.9. The quantitative estimate of drug-likeness (QED) is 0.745. The lowest BCUT2D eigenvalue weighted by molar-refractivity contribution is 0.201. The molecule has 0 saturated heterocycles. The van der Waals surface area contributed by atoms with E-state index in [9.17, 15) is 0 Å². The zero-order valence-electron chi connectivity index (χ0n) is 12.8. The first kappa shape index (κ1) is 14.0. The first-order chi connectivity index (χ1) is 9.70. The molecule has 5 nitrogen and oxygen atoms in total. The summed E-state index contributed by atoms with van der Waals surface area (Å²) in [6.07, 6.45) is 7.56. The minimum Gasteiger partial charge on any atom is -0.308 e. The summed E-state index contributed by atoms with van der Waals surface area (Å²) >= 11 is 0. The van der Waals surface area contributed by atoms with Crippen LogP contribution in [0.5, 0.6) is 0 Å². The maximum absolute atomic E-state index is 4.24. The first-order valence-electron chi connectivity index (χ1n) is 8.07. The predicted molar refractivity (Wildman–Crippen MR) is 79.3 cm³/mol. The summed E-state index contributed by atoms with van der Waals surface area (Å²) in [7, 11) is 0. The molecule has 2 aliphatic carbocycles. The Morgan fingerprint density at radius 1 is 1.35 bits per heavy atom. The lowest BCUT2D eigenvalue weighted by Gasteiger charge is -2.26. The molecular formula is C15H27N5. The van der Waals surface area contributed by atoms with Crippen LogP contribution in [0.3, 0.4) is 0 Å². The van der Waals surface area contributed by atoms with E-state index in [2.05, 4.69) is 40.6 Å². The summed E-state index contributed by atoms with van der Waals surface area (Å²) in [6.45, 7) is 8.71. The molecule has 1 heterocycles. The summed E-state index contributed by atoms with van der Waals surface area (Å²) in [6, 6.07) is 1.35. The summed E-state index contributed by atoms with van der Waals surface area (Å²) in [4.78, 5) is 2.57. The zero-order valence-corrected chi connectivity index (χ0v) is 12.8. The molecule has 0 amide bonds. The van der Waals surface area contributed by atoms with Crippen LogP contribution in [0.2, 0.25) is 0 Å². The van der Waals surface area contributed by atoms with Crippen molar-refractivity contribution < 1.29 is 0 Å². The van der Waals surface area contributed by atoms with Gasteiger partial charge in [-0.05, 0) is 45.4 Å². The van der Waals surface area contributed by atoms with Gasteiger partial charge in [-0.25, -0.2) is 0 Å². The van der Waals surface area contributed by atoms with Crippen LogP contribution >= 0.6 is 0 Å². The first-order valence-corrected chi connectivity index (χ1v) is 8.07. The molecule has 5 heteroatoms. The monoisotopic (exact) mass is 277 g/mol. The van der Waals surface area contributed by atoms with E-state index in [0.717, 1.165) is 37.3 Å². The standard InChI is InChI=1S/C15H27N5/c1-12(2)19(10-13-3-4-13)7-8-20-11-15(17-18-20)9-16-14-5-6-14/h11-14,16H,3-10H2,1-2H3. The van der Waals surface area contributed by atoms with Gasteiger partial charge in [-0.3, -0.25) is 9.58 Å². The lowest BCUT2D eigenvalue weighted by atomic mass is 10.2. The van der Waals surface area contributed by atoms with Gasteiger partial charge in [-0.15, -0.1) is 5.10 Å². The highest BCUT2D eigenvalue weighted by molar-refractivity contribution is 4.94. The summed E-state index contributed by atoms with van der Waals surface area (Å²) < 4.78 is 1.99. The van der Waals surface area contributed by atoms with Gasteiger partial charge in [0.05, 0.1) is 12.2 Å². The Hall–Kier alpha value is -0.940. The van der Waals surface area contributed by atoms with Gasteiger partial charge in [0.25, 0.3) is 0 Å². The van der Waals surface area contributed by atoms with Gasteiger partial charge < -0.3 is 5.32 Å². The van der Waals surface area contributed by atoms with Gasteiger partial charge in [0.15, 0.2) is 0 Å². The fraction of sp³-hybridized carbons (Fsp3) is 0.867. The van der Waals surface area contributed by atoms with Crippen LogP contribution in [0.15, 0.2) is 6.20 Å². The van der Waals surface area contributed by atoms with Crippen LogP contribution < -0.4 is 5.32 Å². The molecule has 0 atom stereocenters. The maximum Gasteiger partial charge on any atom is 0.0964 e. The van der Waals surface area contributed by atoms with E-state index in [1.54, 1.807) is 0 Å². The summed E-state index contributed by atoms with van der Waals surface area (Å²) in [5.41, 5.74) is 1.06. The second-order valence-electron chi connectivity index (χ2n) is 6.66. The molecule has 2 aliphatic rings. The largest absolute Gasteiger partial charge is 0.308 e. The van der Waals surface area contributed by atoms with Crippen molar-refractivity contribution >= 4 is 0 Å².